The zero-order chi connectivity index (χ0) is 8.27. The van der Waals surface area contributed by atoms with Crippen LogP contribution in [-0.4, -0.2) is 17.3 Å². The van der Waals surface area contributed by atoms with Crippen LogP contribution in [0.3, 0.4) is 0 Å². The van der Waals surface area contributed by atoms with Crippen LogP contribution < -0.4 is 5.73 Å². The number of hydrogen-bond donors (Lipinski definition) is 2. The Morgan fingerprint density at radius 3 is 2.73 bits per heavy atom. The molecule has 0 spiro atoms. The summed E-state index contributed by atoms with van der Waals surface area (Å²) in [6, 6.07) is 0.0419. The van der Waals surface area contributed by atoms with E-state index in [1.54, 1.807) is 0 Å². The molecule has 0 aliphatic heterocycles. The van der Waals surface area contributed by atoms with Crippen LogP contribution in [0.2, 0.25) is 0 Å². The fourth-order valence-electron chi connectivity index (χ4n) is 1.95. The molecule has 0 aromatic heterocycles. The van der Waals surface area contributed by atoms with Crippen molar-refractivity contribution in [3.63, 3.8) is 0 Å². The van der Waals surface area contributed by atoms with E-state index in [4.69, 9.17) is 5.73 Å². The molecule has 66 valence electrons. The van der Waals surface area contributed by atoms with E-state index in [-0.39, 0.29) is 12.1 Å². The second-order valence-electron chi connectivity index (χ2n) is 3.70. The Hall–Kier alpha value is -0.0800. The Morgan fingerprint density at radius 2 is 2.18 bits per heavy atom. The highest BCUT2D eigenvalue weighted by Crippen LogP contribution is 2.26. The Morgan fingerprint density at radius 1 is 1.45 bits per heavy atom. The van der Waals surface area contributed by atoms with Gasteiger partial charge in [0.05, 0.1) is 6.10 Å². The van der Waals surface area contributed by atoms with Crippen LogP contribution in [0, 0.1) is 5.92 Å². The Balaban J connectivity index is 2.28. The monoisotopic (exact) mass is 157 g/mol. The van der Waals surface area contributed by atoms with Crippen LogP contribution in [0.15, 0.2) is 0 Å². The summed E-state index contributed by atoms with van der Waals surface area (Å²) in [5.41, 5.74) is 5.75. The molecule has 0 saturated heterocycles. The third-order valence-electron chi connectivity index (χ3n) is 2.67. The van der Waals surface area contributed by atoms with Gasteiger partial charge in [0.25, 0.3) is 0 Å². The first kappa shape index (κ1) is 9.01. The van der Waals surface area contributed by atoms with Crippen molar-refractivity contribution in [1.29, 1.82) is 0 Å². The van der Waals surface area contributed by atoms with E-state index in [9.17, 15) is 5.11 Å². The van der Waals surface area contributed by atoms with Crippen molar-refractivity contribution in [2.24, 2.45) is 11.7 Å². The molecule has 0 heterocycles. The van der Waals surface area contributed by atoms with E-state index in [1.165, 1.54) is 19.3 Å². The molecule has 1 rings (SSSR count). The molecule has 0 amide bonds. The lowest BCUT2D eigenvalue weighted by Crippen LogP contribution is -2.40. The Labute approximate surface area is 68.8 Å². The van der Waals surface area contributed by atoms with E-state index >= 15 is 0 Å². The summed E-state index contributed by atoms with van der Waals surface area (Å²) in [5, 5.41) is 9.34. The minimum atomic E-state index is -0.233. The van der Waals surface area contributed by atoms with Gasteiger partial charge in [-0.1, -0.05) is 19.8 Å². The lowest BCUT2D eigenvalue weighted by molar-refractivity contribution is 0.0845. The molecule has 3 atom stereocenters. The molecule has 2 nitrogen and oxygen atoms in total. The largest absolute Gasteiger partial charge is 0.392 e. The molecule has 0 aromatic carbocycles. The minimum Gasteiger partial charge on any atom is -0.392 e. The minimum absolute atomic E-state index is 0.0419. The SMILES string of the molecule is CCCC1CC[C@H](O)[C@H](N)C1. The van der Waals surface area contributed by atoms with E-state index in [0.717, 1.165) is 18.8 Å². The molecule has 3 N–H and O–H groups in total. The predicted molar refractivity (Wildman–Crippen MR) is 46.2 cm³/mol. The number of hydrogen-bond acceptors (Lipinski definition) is 2. The first-order valence-electron chi connectivity index (χ1n) is 4.67. The standard InChI is InChI=1S/C9H19NO/c1-2-3-7-4-5-9(11)8(10)6-7/h7-9,11H,2-6,10H2,1H3/t7?,8-,9+/m1/s1. The second-order valence-corrected chi connectivity index (χ2v) is 3.70. The molecule has 1 fully saturated rings. The van der Waals surface area contributed by atoms with Crippen LogP contribution in [-0.2, 0) is 0 Å². The van der Waals surface area contributed by atoms with Gasteiger partial charge in [0.15, 0.2) is 0 Å². The maximum Gasteiger partial charge on any atom is 0.0691 e. The topological polar surface area (TPSA) is 46.2 Å². The number of nitrogens with two attached hydrogens (primary N) is 1. The highest BCUT2D eigenvalue weighted by molar-refractivity contribution is 4.81. The fraction of sp³-hybridized carbons (Fsp3) is 1.00. The molecule has 0 radical (unpaired) electrons. The summed E-state index contributed by atoms with van der Waals surface area (Å²) in [5.74, 6) is 0.776. The predicted octanol–water partition coefficient (Wildman–Crippen LogP) is 1.27. The van der Waals surface area contributed by atoms with Crippen LogP contribution in [0.4, 0.5) is 0 Å². The summed E-state index contributed by atoms with van der Waals surface area (Å²) in [7, 11) is 0. The zero-order valence-corrected chi connectivity index (χ0v) is 7.29. The van der Waals surface area contributed by atoms with Crippen molar-refractivity contribution in [1.82, 2.24) is 0 Å². The van der Waals surface area contributed by atoms with E-state index in [0.29, 0.717) is 0 Å². The normalized spacial score (nSPS) is 39.0. The van der Waals surface area contributed by atoms with E-state index in [2.05, 4.69) is 6.92 Å². The first-order valence-corrected chi connectivity index (χ1v) is 4.67. The van der Waals surface area contributed by atoms with Crippen LogP contribution in [0.5, 0.6) is 0 Å². The van der Waals surface area contributed by atoms with Crippen molar-refractivity contribution in [2.45, 2.75) is 51.2 Å². The smallest absolute Gasteiger partial charge is 0.0691 e. The molecule has 1 aliphatic rings. The van der Waals surface area contributed by atoms with Gasteiger partial charge in [0, 0.05) is 6.04 Å². The molecule has 1 saturated carbocycles. The highest BCUT2D eigenvalue weighted by Gasteiger charge is 2.25. The zero-order valence-electron chi connectivity index (χ0n) is 7.29. The highest BCUT2D eigenvalue weighted by atomic mass is 16.3. The van der Waals surface area contributed by atoms with Gasteiger partial charge < -0.3 is 10.8 Å². The fourth-order valence-corrected chi connectivity index (χ4v) is 1.95. The van der Waals surface area contributed by atoms with E-state index in [1.807, 2.05) is 0 Å². The molecule has 2 heteroatoms. The summed E-state index contributed by atoms with van der Waals surface area (Å²) >= 11 is 0. The van der Waals surface area contributed by atoms with Crippen molar-refractivity contribution in [3.05, 3.63) is 0 Å². The number of aliphatic hydroxyl groups excluding tert-OH is 1. The average Bonchev–Trinajstić information content (AvgIpc) is 1.98. The summed E-state index contributed by atoms with van der Waals surface area (Å²) in [4.78, 5) is 0. The average molecular weight is 157 g/mol. The van der Waals surface area contributed by atoms with Gasteiger partial charge in [-0.2, -0.15) is 0 Å². The van der Waals surface area contributed by atoms with E-state index < -0.39 is 0 Å². The maximum atomic E-state index is 9.34. The molecule has 0 bridgehead atoms. The van der Waals surface area contributed by atoms with Crippen LogP contribution >= 0.6 is 0 Å². The van der Waals surface area contributed by atoms with Crippen molar-refractivity contribution in [3.8, 4) is 0 Å². The van der Waals surface area contributed by atoms with Gasteiger partial charge in [-0.05, 0) is 25.2 Å². The van der Waals surface area contributed by atoms with Crippen LogP contribution in [0.25, 0.3) is 0 Å². The number of aliphatic hydroxyl groups is 1. The molecule has 11 heavy (non-hydrogen) atoms. The second kappa shape index (κ2) is 4.07. The molecule has 1 unspecified atom stereocenters. The third-order valence-corrected chi connectivity index (χ3v) is 2.67. The molecule has 0 aromatic rings. The van der Waals surface area contributed by atoms with Gasteiger partial charge in [-0.25, -0.2) is 0 Å². The first-order chi connectivity index (χ1) is 5.24. The number of rotatable bonds is 2. The van der Waals surface area contributed by atoms with Gasteiger partial charge in [-0.15, -0.1) is 0 Å². The van der Waals surface area contributed by atoms with Crippen LogP contribution in [0.1, 0.15) is 39.0 Å². The lowest BCUT2D eigenvalue weighted by atomic mass is 9.82. The summed E-state index contributed by atoms with van der Waals surface area (Å²) < 4.78 is 0. The molecular formula is C9H19NO. The molecular weight excluding hydrogens is 138 g/mol. The van der Waals surface area contributed by atoms with Gasteiger partial charge in [0.1, 0.15) is 0 Å². The van der Waals surface area contributed by atoms with Crippen molar-refractivity contribution < 1.29 is 5.11 Å². The third kappa shape index (κ3) is 2.46. The van der Waals surface area contributed by atoms with Gasteiger partial charge in [-0.3, -0.25) is 0 Å². The quantitative estimate of drug-likeness (QED) is 0.634. The maximum absolute atomic E-state index is 9.34. The Bertz CT molecular complexity index is 116. The van der Waals surface area contributed by atoms with Gasteiger partial charge >= 0.3 is 0 Å². The van der Waals surface area contributed by atoms with Crippen molar-refractivity contribution >= 4 is 0 Å². The summed E-state index contributed by atoms with van der Waals surface area (Å²) in [6.07, 6.45) is 5.39. The van der Waals surface area contributed by atoms with Crippen molar-refractivity contribution in [2.75, 3.05) is 0 Å². The molecule has 1 aliphatic carbocycles. The Kier molecular flexibility index (Phi) is 3.34. The lowest BCUT2D eigenvalue weighted by Gasteiger charge is -2.30. The summed E-state index contributed by atoms with van der Waals surface area (Å²) in [6.45, 7) is 2.20. The van der Waals surface area contributed by atoms with Gasteiger partial charge in [0.2, 0.25) is 0 Å².